The number of Topliss-reactive ketones (excluding diaryl/α,β-unsaturated/α-hetero) is 1. The molecule has 2 aromatic carbocycles. The molecular formula is C20H14N2O. The Bertz CT molecular complexity index is 930. The molecule has 0 unspecified atom stereocenters. The molecule has 0 aromatic heterocycles. The maximum absolute atomic E-state index is 13.0. The fourth-order valence-electron chi connectivity index (χ4n) is 3.46. The van der Waals surface area contributed by atoms with Crippen LogP contribution in [0.5, 0.6) is 0 Å². The predicted molar refractivity (Wildman–Crippen MR) is 88.3 cm³/mol. The monoisotopic (exact) mass is 298 g/mol. The summed E-state index contributed by atoms with van der Waals surface area (Å²) in [6, 6.07) is 19.7. The number of dihydropyridines is 1. The number of carbonyl (C=O) groups is 1. The molecule has 0 fully saturated rings. The van der Waals surface area contributed by atoms with E-state index >= 15 is 0 Å². The number of fused-ring (bicyclic) bond motifs is 2. The molecule has 23 heavy (non-hydrogen) atoms. The number of benzene rings is 2. The lowest BCUT2D eigenvalue weighted by molar-refractivity contribution is 0.103. The van der Waals surface area contributed by atoms with Gasteiger partial charge in [-0.3, -0.25) is 4.79 Å². The molecule has 4 rings (SSSR count). The summed E-state index contributed by atoms with van der Waals surface area (Å²) < 4.78 is 0. The molecule has 0 saturated heterocycles. The third kappa shape index (κ3) is 1.85. The quantitative estimate of drug-likeness (QED) is 0.871. The Morgan fingerprint density at radius 1 is 1.00 bits per heavy atom. The van der Waals surface area contributed by atoms with Crippen molar-refractivity contribution < 1.29 is 4.79 Å². The van der Waals surface area contributed by atoms with Gasteiger partial charge in [-0.05, 0) is 12.5 Å². The number of carbonyl (C=O) groups excluding carboxylic acids is 1. The minimum Gasteiger partial charge on any atom is -0.357 e. The fourth-order valence-corrected chi connectivity index (χ4v) is 3.46. The molecule has 0 amide bonds. The first-order valence-electron chi connectivity index (χ1n) is 7.53. The smallest absolute Gasteiger partial charge is 0.192 e. The predicted octanol–water partition coefficient (Wildman–Crippen LogP) is 3.78. The van der Waals surface area contributed by atoms with Crippen LogP contribution in [0.3, 0.4) is 0 Å². The number of nitriles is 1. The third-order valence-corrected chi connectivity index (χ3v) is 4.50. The van der Waals surface area contributed by atoms with E-state index in [1.165, 1.54) is 0 Å². The molecular weight excluding hydrogens is 284 g/mol. The van der Waals surface area contributed by atoms with Crippen molar-refractivity contribution in [2.45, 2.75) is 12.8 Å². The van der Waals surface area contributed by atoms with Crippen LogP contribution in [0, 0.1) is 11.3 Å². The number of hydrogen-bond donors (Lipinski definition) is 1. The van der Waals surface area contributed by atoms with E-state index in [0.29, 0.717) is 16.7 Å². The summed E-state index contributed by atoms with van der Waals surface area (Å²) in [5.41, 5.74) is 5.54. The van der Waals surface area contributed by atoms with E-state index in [1.54, 1.807) is 0 Å². The van der Waals surface area contributed by atoms with Crippen LogP contribution >= 0.6 is 0 Å². The van der Waals surface area contributed by atoms with Crippen molar-refractivity contribution in [2.75, 3.05) is 0 Å². The highest BCUT2D eigenvalue weighted by molar-refractivity contribution is 6.22. The maximum atomic E-state index is 13.0. The van der Waals surface area contributed by atoms with Crippen LogP contribution in [0.15, 0.2) is 71.4 Å². The van der Waals surface area contributed by atoms with Gasteiger partial charge in [-0.15, -0.1) is 0 Å². The molecule has 110 valence electrons. The zero-order chi connectivity index (χ0) is 16.0. The fraction of sp³-hybridized carbons (Fsp3) is 0.100. The number of nitrogens with one attached hydrogen (secondary N) is 1. The largest absolute Gasteiger partial charge is 0.357 e. The lowest BCUT2D eigenvalue weighted by atomic mass is 9.80. The molecule has 3 nitrogen and oxygen atoms in total. The van der Waals surface area contributed by atoms with Crippen LogP contribution in [0.4, 0.5) is 0 Å². The highest BCUT2D eigenvalue weighted by atomic mass is 16.1. The lowest BCUT2D eigenvalue weighted by Gasteiger charge is -2.27. The minimum atomic E-state index is -0.308. The molecule has 2 aromatic rings. The van der Waals surface area contributed by atoms with Crippen molar-refractivity contribution in [3.05, 3.63) is 88.1 Å². The second-order valence-electron chi connectivity index (χ2n) is 5.78. The van der Waals surface area contributed by atoms with Gasteiger partial charge in [-0.2, -0.15) is 5.26 Å². The van der Waals surface area contributed by atoms with Gasteiger partial charge in [-0.1, -0.05) is 54.6 Å². The van der Waals surface area contributed by atoms with E-state index in [2.05, 4.69) is 11.4 Å². The average Bonchev–Trinajstić information content (AvgIpc) is 2.87. The normalized spacial score (nSPS) is 19.1. The zero-order valence-corrected chi connectivity index (χ0v) is 12.6. The van der Waals surface area contributed by atoms with E-state index < -0.39 is 0 Å². The summed E-state index contributed by atoms with van der Waals surface area (Å²) in [6.07, 6.45) is 0. The van der Waals surface area contributed by atoms with Crippen molar-refractivity contribution in [1.29, 1.82) is 5.26 Å². The molecule has 0 spiro atoms. The maximum Gasteiger partial charge on any atom is 0.192 e. The van der Waals surface area contributed by atoms with Crippen molar-refractivity contribution in [3.8, 4) is 6.07 Å². The summed E-state index contributed by atoms with van der Waals surface area (Å²) >= 11 is 0. The summed E-state index contributed by atoms with van der Waals surface area (Å²) in [4.78, 5) is 13.0. The minimum absolute atomic E-state index is 0.0113. The summed E-state index contributed by atoms with van der Waals surface area (Å²) in [5.74, 6) is -0.297. The summed E-state index contributed by atoms with van der Waals surface area (Å²) in [5, 5.41) is 12.9. The van der Waals surface area contributed by atoms with Crippen molar-refractivity contribution in [2.24, 2.45) is 0 Å². The average molecular weight is 298 g/mol. The first kappa shape index (κ1) is 13.5. The molecule has 1 N–H and O–H groups in total. The molecule has 2 aliphatic rings. The first-order valence-corrected chi connectivity index (χ1v) is 7.53. The van der Waals surface area contributed by atoms with Crippen molar-refractivity contribution in [1.82, 2.24) is 5.32 Å². The first-order chi connectivity index (χ1) is 11.2. The highest BCUT2D eigenvalue weighted by Gasteiger charge is 2.40. The third-order valence-electron chi connectivity index (χ3n) is 4.50. The van der Waals surface area contributed by atoms with E-state index in [0.717, 1.165) is 22.5 Å². The number of nitrogens with zero attached hydrogens (tertiary/aromatic N) is 1. The van der Waals surface area contributed by atoms with Crippen LogP contribution < -0.4 is 5.32 Å². The molecule has 1 aliphatic heterocycles. The number of hydrogen-bond acceptors (Lipinski definition) is 3. The molecule has 1 atom stereocenters. The van der Waals surface area contributed by atoms with E-state index in [4.69, 9.17) is 0 Å². The van der Waals surface area contributed by atoms with Crippen molar-refractivity contribution >= 4 is 11.5 Å². The van der Waals surface area contributed by atoms with Crippen LogP contribution in [0.2, 0.25) is 0 Å². The van der Waals surface area contributed by atoms with Gasteiger partial charge in [0.15, 0.2) is 5.78 Å². The highest BCUT2D eigenvalue weighted by Crippen LogP contribution is 2.45. The number of ketones is 1. The van der Waals surface area contributed by atoms with Crippen LogP contribution in [0.1, 0.15) is 34.3 Å². The Balaban J connectivity index is 1.97. The molecule has 3 heteroatoms. The number of allylic oxidation sites excluding steroid dienone is 3. The second kappa shape index (κ2) is 4.96. The summed E-state index contributed by atoms with van der Waals surface area (Å²) in [6.45, 7) is 1.89. The van der Waals surface area contributed by atoms with Crippen LogP contribution in [-0.4, -0.2) is 5.78 Å². The van der Waals surface area contributed by atoms with Gasteiger partial charge in [0, 0.05) is 22.4 Å². The van der Waals surface area contributed by atoms with E-state index in [1.807, 2.05) is 61.5 Å². The topological polar surface area (TPSA) is 52.9 Å². The van der Waals surface area contributed by atoms with E-state index in [9.17, 15) is 10.1 Å². The molecule has 0 bridgehead atoms. The van der Waals surface area contributed by atoms with Crippen LogP contribution in [-0.2, 0) is 0 Å². The molecule has 1 heterocycles. The van der Waals surface area contributed by atoms with Gasteiger partial charge in [0.05, 0.1) is 23.3 Å². The van der Waals surface area contributed by atoms with Gasteiger partial charge in [0.2, 0.25) is 0 Å². The van der Waals surface area contributed by atoms with Gasteiger partial charge >= 0.3 is 0 Å². The van der Waals surface area contributed by atoms with Gasteiger partial charge in [0.1, 0.15) is 0 Å². The standard InChI is InChI=1S/C20H14N2O/c1-12-16(11-21)17(13-7-3-2-4-8-13)18-19(22-12)14-9-5-6-10-15(14)20(18)23/h2-10,17,22H,1H3/t17-/m1/s1. The zero-order valence-electron chi connectivity index (χ0n) is 12.6. The number of rotatable bonds is 1. The Morgan fingerprint density at radius 2 is 1.65 bits per heavy atom. The lowest BCUT2D eigenvalue weighted by Crippen LogP contribution is -2.24. The van der Waals surface area contributed by atoms with Crippen LogP contribution in [0.25, 0.3) is 5.70 Å². The Morgan fingerprint density at radius 3 is 2.35 bits per heavy atom. The van der Waals surface area contributed by atoms with Gasteiger partial charge in [0.25, 0.3) is 0 Å². The molecule has 0 saturated carbocycles. The SMILES string of the molecule is CC1=C(C#N)[C@@H](c2ccccc2)C2=C(N1)c1ccccc1C2=O. The van der Waals surface area contributed by atoms with Gasteiger partial charge < -0.3 is 5.32 Å². The molecule has 1 aliphatic carbocycles. The van der Waals surface area contributed by atoms with Gasteiger partial charge in [-0.25, -0.2) is 0 Å². The van der Waals surface area contributed by atoms with Crippen molar-refractivity contribution in [3.63, 3.8) is 0 Å². The second-order valence-corrected chi connectivity index (χ2v) is 5.78. The molecule has 0 radical (unpaired) electrons. The summed E-state index contributed by atoms with van der Waals surface area (Å²) in [7, 11) is 0. The van der Waals surface area contributed by atoms with E-state index in [-0.39, 0.29) is 11.7 Å². The Kier molecular flexibility index (Phi) is 2.92. The Hall–Kier alpha value is -3.12. The Labute approximate surface area is 134 Å².